The van der Waals surface area contributed by atoms with E-state index in [1.54, 1.807) is 0 Å². The highest BCUT2D eigenvalue weighted by atomic mass is 19.1. The van der Waals surface area contributed by atoms with Gasteiger partial charge in [-0.15, -0.1) is 0 Å². The molecule has 1 saturated heterocycles. The molecule has 0 spiro atoms. The fourth-order valence-electron chi connectivity index (χ4n) is 4.73. The van der Waals surface area contributed by atoms with Crippen LogP contribution in [0.15, 0.2) is 42.5 Å². The summed E-state index contributed by atoms with van der Waals surface area (Å²) in [7, 11) is 1.36. The summed E-state index contributed by atoms with van der Waals surface area (Å²) < 4.78 is 41.4. The van der Waals surface area contributed by atoms with E-state index in [0.717, 1.165) is 16.9 Å². The molecule has 0 radical (unpaired) electrons. The summed E-state index contributed by atoms with van der Waals surface area (Å²) in [6.45, 7) is 6.04. The van der Waals surface area contributed by atoms with Gasteiger partial charge in [-0.3, -0.25) is 19.2 Å². The van der Waals surface area contributed by atoms with E-state index in [1.807, 2.05) is 6.07 Å². The minimum absolute atomic E-state index is 0.0261. The Kier molecular flexibility index (Phi) is 9.85. The standard InChI is InChI=1S/C28H25F3N6O4.C4H10/c1-36(26(40)23-11-20-21(30)9-16(29)10-22(20)35-23)14-24(38)37-13-15(8-19(37)12-32)25(39)33-17-2-4-18(5-3-17)34-27(41)28(31)6-7-28;1-4(2)3/h2-5,9-11,15,19,35H,6-8,13-14H2,1H3,(H,33,39)(H,34,41);4H,1-3H3. The van der Waals surface area contributed by atoms with Gasteiger partial charge in [0, 0.05) is 36.4 Å². The van der Waals surface area contributed by atoms with Gasteiger partial charge in [-0.2, -0.15) is 5.26 Å². The Hall–Kier alpha value is -4.86. The number of H-pyrrole nitrogens is 1. The Morgan fingerprint density at radius 2 is 1.67 bits per heavy atom. The van der Waals surface area contributed by atoms with Crippen LogP contribution in [-0.4, -0.2) is 70.3 Å². The number of likely N-dealkylation sites (tertiary alicyclic amines) is 1. The summed E-state index contributed by atoms with van der Waals surface area (Å²) in [6, 6.07) is 10.2. The molecule has 3 aromatic rings. The van der Waals surface area contributed by atoms with Gasteiger partial charge in [0.1, 0.15) is 23.4 Å². The van der Waals surface area contributed by atoms with Gasteiger partial charge in [-0.25, -0.2) is 13.2 Å². The van der Waals surface area contributed by atoms with Crippen molar-refractivity contribution in [2.75, 3.05) is 30.8 Å². The van der Waals surface area contributed by atoms with Gasteiger partial charge in [-0.1, -0.05) is 20.8 Å². The summed E-state index contributed by atoms with van der Waals surface area (Å²) in [6.07, 6.45) is 0.473. The largest absolute Gasteiger partial charge is 0.350 e. The van der Waals surface area contributed by atoms with Crippen LogP contribution in [0.5, 0.6) is 0 Å². The number of nitrogens with one attached hydrogen (secondary N) is 3. The third-order valence-electron chi connectivity index (χ3n) is 7.25. The smallest absolute Gasteiger partial charge is 0.270 e. The average molecular weight is 625 g/mol. The third-order valence-corrected chi connectivity index (χ3v) is 7.25. The van der Waals surface area contributed by atoms with Crippen LogP contribution >= 0.6 is 0 Å². The van der Waals surface area contributed by atoms with Crippen molar-refractivity contribution in [3.8, 4) is 6.07 Å². The Labute approximate surface area is 258 Å². The van der Waals surface area contributed by atoms with E-state index in [-0.39, 0.29) is 42.4 Å². The minimum Gasteiger partial charge on any atom is -0.350 e. The van der Waals surface area contributed by atoms with E-state index >= 15 is 0 Å². The number of rotatable bonds is 7. The number of nitriles is 1. The lowest BCUT2D eigenvalue weighted by Crippen LogP contribution is -2.43. The molecule has 4 amide bonds. The van der Waals surface area contributed by atoms with Crippen LogP contribution in [0.3, 0.4) is 0 Å². The lowest BCUT2D eigenvalue weighted by molar-refractivity contribution is -0.132. The average Bonchev–Trinajstić information content (AvgIpc) is 3.38. The van der Waals surface area contributed by atoms with E-state index in [2.05, 4.69) is 36.4 Å². The number of fused-ring (bicyclic) bond motifs is 1. The van der Waals surface area contributed by atoms with Gasteiger partial charge in [0.15, 0.2) is 5.67 Å². The maximum absolute atomic E-state index is 14.0. The molecule has 2 atom stereocenters. The Morgan fingerprint density at radius 3 is 2.24 bits per heavy atom. The number of alkyl halides is 1. The molecular formula is C32H35F3N6O4. The summed E-state index contributed by atoms with van der Waals surface area (Å²) >= 11 is 0. The molecule has 238 valence electrons. The zero-order valence-electron chi connectivity index (χ0n) is 25.4. The fraction of sp³-hybridized carbons (Fsp3) is 0.406. The number of hydrogen-bond donors (Lipinski definition) is 3. The van der Waals surface area contributed by atoms with E-state index in [4.69, 9.17) is 0 Å². The second-order valence-electron chi connectivity index (χ2n) is 12.0. The van der Waals surface area contributed by atoms with E-state index in [0.29, 0.717) is 17.4 Å². The van der Waals surface area contributed by atoms with Crippen molar-refractivity contribution in [2.45, 2.75) is 51.7 Å². The molecule has 5 rings (SSSR count). The molecule has 1 saturated carbocycles. The summed E-state index contributed by atoms with van der Waals surface area (Å²) in [4.78, 5) is 55.6. The van der Waals surface area contributed by atoms with Gasteiger partial charge in [0.2, 0.25) is 11.8 Å². The number of benzene rings is 2. The number of anilines is 2. The Bertz CT molecular complexity index is 1640. The third kappa shape index (κ3) is 8.00. The highest BCUT2D eigenvalue weighted by Gasteiger charge is 2.50. The van der Waals surface area contributed by atoms with Gasteiger partial charge in [-0.05, 0) is 61.6 Å². The number of halogens is 3. The SMILES string of the molecule is CC(C)C.CN(CC(=O)N1CC(C(=O)Nc2ccc(NC(=O)C3(F)CC3)cc2)CC1C#N)C(=O)c1cc2c(F)cc(F)cc2[nH]1. The van der Waals surface area contributed by atoms with Gasteiger partial charge in [0.25, 0.3) is 11.8 Å². The number of amides is 4. The van der Waals surface area contributed by atoms with Crippen molar-refractivity contribution in [1.29, 1.82) is 5.26 Å². The minimum atomic E-state index is -1.81. The zero-order chi connectivity index (χ0) is 33.1. The molecule has 3 N–H and O–H groups in total. The van der Waals surface area contributed by atoms with E-state index < -0.39 is 59.4 Å². The van der Waals surface area contributed by atoms with Crippen LogP contribution in [0.25, 0.3) is 10.9 Å². The monoisotopic (exact) mass is 624 g/mol. The predicted octanol–water partition coefficient (Wildman–Crippen LogP) is 5.00. The van der Waals surface area contributed by atoms with Crippen molar-refractivity contribution < 1.29 is 32.3 Å². The number of nitrogens with zero attached hydrogens (tertiary/aromatic N) is 3. The summed E-state index contributed by atoms with van der Waals surface area (Å²) in [5, 5.41) is 14.8. The maximum atomic E-state index is 14.0. The fourth-order valence-corrected chi connectivity index (χ4v) is 4.73. The Morgan fingerprint density at radius 1 is 1.07 bits per heavy atom. The second-order valence-corrected chi connectivity index (χ2v) is 12.0. The number of carbonyl (C=O) groups excluding carboxylic acids is 4. The van der Waals surface area contributed by atoms with E-state index in [1.165, 1.54) is 42.3 Å². The topological polar surface area (TPSA) is 138 Å². The van der Waals surface area contributed by atoms with Crippen LogP contribution < -0.4 is 10.6 Å². The first-order valence-corrected chi connectivity index (χ1v) is 14.5. The Balaban J connectivity index is 0.00000109. The molecule has 1 aliphatic heterocycles. The van der Waals surface area contributed by atoms with Crippen molar-refractivity contribution in [2.24, 2.45) is 11.8 Å². The first-order chi connectivity index (χ1) is 21.2. The van der Waals surface area contributed by atoms with Crippen molar-refractivity contribution in [1.82, 2.24) is 14.8 Å². The molecule has 2 heterocycles. The number of likely N-dealkylation sites (N-methyl/N-ethyl adjacent to an activating group) is 1. The molecular weight excluding hydrogens is 589 g/mol. The zero-order valence-corrected chi connectivity index (χ0v) is 25.4. The quantitative estimate of drug-likeness (QED) is 0.340. The molecule has 1 aliphatic carbocycles. The van der Waals surface area contributed by atoms with Crippen LogP contribution in [0.4, 0.5) is 24.5 Å². The van der Waals surface area contributed by atoms with Crippen LogP contribution in [0.2, 0.25) is 0 Å². The van der Waals surface area contributed by atoms with Crippen LogP contribution in [0, 0.1) is 34.8 Å². The summed E-state index contributed by atoms with van der Waals surface area (Å²) in [5.41, 5.74) is -0.976. The first kappa shape index (κ1) is 33.0. The van der Waals surface area contributed by atoms with Crippen molar-refractivity contribution in [3.05, 3.63) is 59.8 Å². The van der Waals surface area contributed by atoms with Crippen molar-refractivity contribution in [3.63, 3.8) is 0 Å². The van der Waals surface area contributed by atoms with Crippen LogP contribution in [0.1, 0.15) is 50.5 Å². The molecule has 2 fully saturated rings. The number of aromatic amines is 1. The molecule has 13 heteroatoms. The van der Waals surface area contributed by atoms with Gasteiger partial charge >= 0.3 is 0 Å². The molecule has 10 nitrogen and oxygen atoms in total. The molecule has 1 aromatic heterocycles. The molecule has 2 aromatic carbocycles. The number of hydrogen-bond acceptors (Lipinski definition) is 5. The van der Waals surface area contributed by atoms with Crippen LogP contribution in [-0.2, 0) is 14.4 Å². The van der Waals surface area contributed by atoms with Gasteiger partial charge in [0.05, 0.1) is 24.0 Å². The molecule has 2 aliphatic rings. The highest BCUT2D eigenvalue weighted by Crippen LogP contribution is 2.40. The molecule has 45 heavy (non-hydrogen) atoms. The maximum Gasteiger partial charge on any atom is 0.270 e. The summed E-state index contributed by atoms with van der Waals surface area (Å²) in [5.74, 6) is -3.83. The predicted molar refractivity (Wildman–Crippen MR) is 162 cm³/mol. The van der Waals surface area contributed by atoms with Crippen molar-refractivity contribution >= 4 is 45.9 Å². The van der Waals surface area contributed by atoms with E-state index in [9.17, 15) is 37.6 Å². The lowest BCUT2D eigenvalue weighted by Gasteiger charge is -2.23. The number of carbonyl (C=O) groups is 4. The first-order valence-electron chi connectivity index (χ1n) is 14.5. The highest BCUT2D eigenvalue weighted by molar-refractivity contribution is 6.01. The molecule has 2 unspecified atom stereocenters. The normalized spacial score (nSPS) is 18.1. The second kappa shape index (κ2) is 13.4. The molecule has 0 bridgehead atoms. The lowest BCUT2D eigenvalue weighted by atomic mass is 10.1. The van der Waals surface area contributed by atoms with Gasteiger partial charge < -0.3 is 25.4 Å². The number of aromatic nitrogens is 1.